The van der Waals surface area contributed by atoms with Crippen molar-refractivity contribution >= 4 is 16.5 Å². The largest absolute Gasteiger partial charge is 0.375 e. The van der Waals surface area contributed by atoms with Crippen molar-refractivity contribution < 1.29 is 0 Å². The maximum Gasteiger partial charge on any atom is 0.260 e. The van der Waals surface area contributed by atoms with E-state index in [1.54, 1.807) is 0 Å². The Balaban J connectivity index is 2.53. The Hall–Kier alpha value is -1.62. The van der Waals surface area contributed by atoms with Gasteiger partial charge < -0.3 is 10.3 Å². The Morgan fingerprint density at radius 2 is 2.15 bits per heavy atom. The first-order valence-corrected chi connectivity index (χ1v) is 7.87. The van der Waals surface area contributed by atoms with Gasteiger partial charge in [0.15, 0.2) is 5.13 Å². The fourth-order valence-electron chi connectivity index (χ4n) is 2.25. The number of nitrogen functional groups attached to an aromatic ring is 1. The van der Waals surface area contributed by atoms with Crippen LogP contribution in [-0.2, 0) is 6.54 Å². The van der Waals surface area contributed by atoms with Crippen molar-refractivity contribution in [1.29, 1.82) is 0 Å². The highest BCUT2D eigenvalue weighted by Crippen LogP contribution is 2.22. The number of rotatable bonds is 5. The molecule has 0 saturated heterocycles. The van der Waals surface area contributed by atoms with E-state index in [1.165, 1.54) is 11.3 Å². The van der Waals surface area contributed by atoms with Crippen LogP contribution in [0.1, 0.15) is 45.2 Å². The molecule has 2 aromatic rings. The molecule has 0 atom stereocenters. The van der Waals surface area contributed by atoms with Gasteiger partial charge in [-0.1, -0.05) is 27.2 Å². The summed E-state index contributed by atoms with van der Waals surface area (Å²) in [5, 5.41) is 2.33. The van der Waals surface area contributed by atoms with Gasteiger partial charge in [-0.05, 0) is 24.5 Å². The Labute approximate surface area is 123 Å². The van der Waals surface area contributed by atoms with E-state index in [0.29, 0.717) is 22.3 Å². The fourth-order valence-corrected chi connectivity index (χ4v) is 2.81. The first-order chi connectivity index (χ1) is 9.54. The first-order valence-electron chi connectivity index (χ1n) is 6.99. The van der Waals surface area contributed by atoms with Gasteiger partial charge in [0.2, 0.25) is 0 Å². The van der Waals surface area contributed by atoms with Crippen LogP contribution in [-0.4, -0.2) is 9.55 Å². The van der Waals surface area contributed by atoms with Crippen LogP contribution in [0, 0.1) is 0 Å². The van der Waals surface area contributed by atoms with Crippen molar-refractivity contribution in [2.45, 2.75) is 46.1 Å². The number of nitrogens with two attached hydrogens (primary N) is 1. The van der Waals surface area contributed by atoms with Crippen molar-refractivity contribution in [3.05, 3.63) is 33.6 Å². The third-order valence-corrected chi connectivity index (χ3v) is 4.01. The van der Waals surface area contributed by atoms with E-state index >= 15 is 0 Å². The van der Waals surface area contributed by atoms with Crippen molar-refractivity contribution in [2.24, 2.45) is 0 Å². The molecule has 0 spiro atoms. The molecular weight excluding hydrogens is 270 g/mol. The van der Waals surface area contributed by atoms with Crippen molar-refractivity contribution in [2.75, 3.05) is 5.73 Å². The van der Waals surface area contributed by atoms with Crippen LogP contribution >= 0.6 is 11.3 Å². The molecule has 108 valence electrons. The monoisotopic (exact) mass is 291 g/mol. The van der Waals surface area contributed by atoms with Crippen LogP contribution in [0.2, 0.25) is 0 Å². The number of unbranched alkanes of at least 4 members (excludes halogenated alkanes) is 1. The zero-order chi connectivity index (χ0) is 14.7. The molecule has 5 heteroatoms. The summed E-state index contributed by atoms with van der Waals surface area (Å²) in [7, 11) is 0. The lowest BCUT2D eigenvalue weighted by atomic mass is 10.1. The summed E-state index contributed by atoms with van der Waals surface area (Å²) < 4.78 is 1.89. The number of thiazole rings is 1. The SMILES string of the molecule is CCCCn1c(C(C)C)ccc(-c2csc(N)n2)c1=O. The number of hydrogen-bond acceptors (Lipinski definition) is 4. The van der Waals surface area contributed by atoms with E-state index in [9.17, 15) is 4.79 Å². The predicted octanol–water partition coefficient (Wildman–Crippen LogP) is 3.48. The molecule has 0 saturated carbocycles. The molecule has 2 rings (SSSR count). The van der Waals surface area contributed by atoms with Crippen molar-refractivity contribution in [3.8, 4) is 11.3 Å². The van der Waals surface area contributed by atoms with Gasteiger partial charge in [-0.15, -0.1) is 11.3 Å². The topological polar surface area (TPSA) is 60.9 Å². The summed E-state index contributed by atoms with van der Waals surface area (Å²) in [5.74, 6) is 0.328. The van der Waals surface area contributed by atoms with E-state index in [2.05, 4.69) is 25.8 Å². The molecule has 0 aliphatic heterocycles. The lowest BCUT2D eigenvalue weighted by molar-refractivity contribution is 0.571. The minimum absolute atomic E-state index is 0.0370. The molecule has 2 aromatic heterocycles. The van der Waals surface area contributed by atoms with Gasteiger partial charge in [0.1, 0.15) is 0 Å². The first kappa shape index (κ1) is 14.8. The third kappa shape index (κ3) is 2.93. The summed E-state index contributed by atoms with van der Waals surface area (Å²) in [4.78, 5) is 16.9. The van der Waals surface area contributed by atoms with Gasteiger partial charge in [-0.3, -0.25) is 4.79 Å². The zero-order valence-corrected chi connectivity index (χ0v) is 13.0. The number of aromatic nitrogens is 2. The Kier molecular flexibility index (Phi) is 4.60. The van der Waals surface area contributed by atoms with Crippen molar-refractivity contribution in [1.82, 2.24) is 9.55 Å². The van der Waals surface area contributed by atoms with Gasteiger partial charge in [-0.25, -0.2) is 4.98 Å². The standard InChI is InChI=1S/C15H21N3OS/c1-4-5-8-18-13(10(2)3)7-6-11(14(18)19)12-9-20-15(16)17-12/h6-7,9-10H,4-5,8H2,1-3H3,(H2,16,17). The van der Waals surface area contributed by atoms with Gasteiger partial charge >= 0.3 is 0 Å². The smallest absolute Gasteiger partial charge is 0.260 e. The van der Waals surface area contributed by atoms with Crippen LogP contribution < -0.4 is 11.3 Å². The second kappa shape index (κ2) is 6.22. The Bertz CT molecular complexity index is 643. The van der Waals surface area contributed by atoms with Crippen molar-refractivity contribution in [3.63, 3.8) is 0 Å². The molecule has 0 fully saturated rings. The molecule has 0 unspecified atom stereocenters. The summed E-state index contributed by atoms with van der Waals surface area (Å²) in [6.45, 7) is 7.11. The summed E-state index contributed by atoms with van der Waals surface area (Å²) in [5.41, 5.74) is 8.09. The lowest BCUT2D eigenvalue weighted by Gasteiger charge is -2.16. The maximum absolute atomic E-state index is 12.7. The zero-order valence-electron chi connectivity index (χ0n) is 12.2. The van der Waals surface area contributed by atoms with E-state index in [0.717, 1.165) is 25.1 Å². The fraction of sp³-hybridized carbons (Fsp3) is 0.467. The van der Waals surface area contributed by atoms with Gasteiger partial charge in [0.05, 0.1) is 11.3 Å². The molecule has 0 radical (unpaired) electrons. The molecule has 0 amide bonds. The molecule has 20 heavy (non-hydrogen) atoms. The van der Waals surface area contributed by atoms with E-state index < -0.39 is 0 Å². The normalized spacial score (nSPS) is 11.2. The van der Waals surface area contributed by atoms with Crippen LogP contribution in [0.5, 0.6) is 0 Å². The average Bonchev–Trinajstić information content (AvgIpc) is 2.83. The highest BCUT2D eigenvalue weighted by Gasteiger charge is 2.14. The van der Waals surface area contributed by atoms with Gasteiger partial charge in [-0.2, -0.15) is 0 Å². The molecule has 2 heterocycles. The van der Waals surface area contributed by atoms with Gasteiger partial charge in [0, 0.05) is 17.6 Å². The van der Waals surface area contributed by atoms with Crippen LogP contribution in [0.15, 0.2) is 22.3 Å². The number of nitrogens with zero attached hydrogens (tertiary/aromatic N) is 2. The lowest BCUT2D eigenvalue weighted by Crippen LogP contribution is -2.25. The molecule has 0 bridgehead atoms. The van der Waals surface area contributed by atoms with Crippen LogP contribution in [0.4, 0.5) is 5.13 Å². The minimum atomic E-state index is 0.0370. The molecule has 2 N–H and O–H groups in total. The van der Waals surface area contributed by atoms with Crippen LogP contribution in [0.25, 0.3) is 11.3 Å². The van der Waals surface area contributed by atoms with Crippen LogP contribution in [0.3, 0.4) is 0 Å². The van der Waals surface area contributed by atoms with Gasteiger partial charge in [0.25, 0.3) is 5.56 Å². The third-order valence-electron chi connectivity index (χ3n) is 3.33. The predicted molar refractivity (Wildman–Crippen MR) is 85.2 cm³/mol. The highest BCUT2D eigenvalue weighted by molar-refractivity contribution is 7.13. The summed E-state index contributed by atoms with van der Waals surface area (Å²) in [6.07, 6.45) is 2.07. The van der Waals surface area contributed by atoms with E-state index in [1.807, 2.05) is 22.1 Å². The number of anilines is 1. The number of pyridine rings is 1. The quantitative estimate of drug-likeness (QED) is 0.917. The molecular formula is C15H21N3OS. The Morgan fingerprint density at radius 1 is 1.40 bits per heavy atom. The van der Waals surface area contributed by atoms with E-state index in [-0.39, 0.29) is 5.56 Å². The minimum Gasteiger partial charge on any atom is -0.375 e. The average molecular weight is 291 g/mol. The molecule has 0 aliphatic carbocycles. The molecule has 4 nitrogen and oxygen atoms in total. The molecule has 0 aliphatic rings. The second-order valence-corrected chi connectivity index (χ2v) is 6.10. The van der Waals surface area contributed by atoms with E-state index in [4.69, 9.17) is 5.73 Å². The summed E-state index contributed by atoms with van der Waals surface area (Å²) >= 11 is 1.36. The Morgan fingerprint density at radius 3 is 2.70 bits per heavy atom. The number of hydrogen-bond donors (Lipinski definition) is 1. The highest BCUT2D eigenvalue weighted by atomic mass is 32.1. The molecule has 0 aromatic carbocycles. The second-order valence-electron chi connectivity index (χ2n) is 5.21. The summed E-state index contributed by atoms with van der Waals surface area (Å²) in [6, 6.07) is 3.90. The maximum atomic E-state index is 12.7.